The molecule has 0 rings (SSSR count). The van der Waals surface area contributed by atoms with Gasteiger partial charge in [0.1, 0.15) is 6.04 Å². The maximum absolute atomic E-state index is 11.6. The van der Waals surface area contributed by atoms with Crippen LogP contribution in [0.25, 0.3) is 0 Å². The number of nitrogens with one attached hydrogen (secondary N) is 2. The van der Waals surface area contributed by atoms with E-state index in [-0.39, 0.29) is 11.8 Å². The normalized spacial score (nSPS) is 14.2. The van der Waals surface area contributed by atoms with E-state index in [0.29, 0.717) is 25.4 Å². The van der Waals surface area contributed by atoms with E-state index in [4.69, 9.17) is 11.5 Å². The number of hydrogen-bond acceptors (Lipinski definition) is 4. The second-order valence-electron chi connectivity index (χ2n) is 4.55. The molecule has 0 aromatic heterocycles. The molecule has 2 amide bonds. The molecule has 0 heterocycles. The Morgan fingerprint density at radius 3 is 2.24 bits per heavy atom. The minimum atomic E-state index is -0.590. The van der Waals surface area contributed by atoms with Gasteiger partial charge in [0.2, 0.25) is 11.8 Å². The Labute approximate surface area is 102 Å². The summed E-state index contributed by atoms with van der Waals surface area (Å²) >= 11 is 0. The van der Waals surface area contributed by atoms with Gasteiger partial charge in [-0.2, -0.15) is 0 Å². The smallest absolute Gasteiger partial charge is 0.242 e. The van der Waals surface area contributed by atoms with Crippen molar-refractivity contribution in [2.75, 3.05) is 13.1 Å². The van der Waals surface area contributed by atoms with Gasteiger partial charge in [-0.1, -0.05) is 13.8 Å². The highest BCUT2D eigenvalue weighted by Crippen LogP contribution is 2.02. The molecule has 0 aliphatic heterocycles. The van der Waals surface area contributed by atoms with E-state index in [1.165, 1.54) is 0 Å². The molecule has 0 spiro atoms. The summed E-state index contributed by atoms with van der Waals surface area (Å²) in [5.74, 6) is -0.202. The Morgan fingerprint density at radius 2 is 1.76 bits per heavy atom. The van der Waals surface area contributed by atoms with Crippen LogP contribution in [0.5, 0.6) is 0 Å². The zero-order valence-electron chi connectivity index (χ0n) is 10.8. The van der Waals surface area contributed by atoms with Crippen molar-refractivity contribution in [3.63, 3.8) is 0 Å². The van der Waals surface area contributed by atoms with Crippen molar-refractivity contribution in [2.24, 2.45) is 17.4 Å². The van der Waals surface area contributed by atoms with Gasteiger partial charge >= 0.3 is 0 Å². The zero-order valence-corrected chi connectivity index (χ0v) is 10.8. The molecule has 0 aliphatic carbocycles. The van der Waals surface area contributed by atoms with Gasteiger partial charge in [0.15, 0.2) is 0 Å². The third-order valence-electron chi connectivity index (χ3n) is 2.26. The van der Waals surface area contributed by atoms with Gasteiger partial charge in [-0.15, -0.1) is 0 Å². The molecule has 0 saturated heterocycles. The fourth-order valence-corrected chi connectivity index (χ4v) is 1.35. The first kappa shape index (κ1) is 15.9. The summed E-state index contributed by atoms with van der Waals surface area (Å²) in [7, 11) is 0. The van der Waals surface area contributed by atoms with E-state index in [9.17, 15) is 9.59 Å². The number of rotatable bonds is 7. The van der Waals surface area contributed by atoms with Crippen molar-refractivity contribution in [1.29, 1.82) is 0 Å². The fraction of sp³-hybridized carbons (Fsp3) is 0.818. The third kappa shape index (κ3) is 6.91. The van der Waals surface area contributed by atoms with Crippen molar-refractivity contribution in [1.82, 2.24) is 10.6 Å². The van der Waals surface area contributed by atoms with Gasteiger partial charge in [-0.25, -0.2) is 0 Å². The summed E-state index contributed by atoms with van der Waals surface area (Å²) in [6, 6.07) is -1.16. The van der Waals surface area contributed by atoms with Crippen LogP contribution in [0.15, 0.2) is 0 Å². The van der Waals surface area contributed by atoms with E-state index in [1.807, 2.05) is 13.8 Å². The van der Waals surface area contributed by atoms with E-state index < -0.39 is 12.1 Å². The molecule has 0 aromatic rings. The molecule has 0 saturated carbocycles. The van der Waals surface area contributed by atoms with Crippen LogP contribution in [0.3, 0.4) is 0 Å². The van der Waals surface area contributed by atoms with Crippen LogP contribution >= 0.6 is 0 Å². The average molecular weight is 244 g/mol. The van der Waals surface area contributed by atoms with Crippen molar-refractivity contribution in [3.05, 3.63) is 0 Å². The summed E-state index contributed by atoms with van der Waals surface area (Å²) < 4.78 is 0. The Morgan fingerprint density at radius 1 is 1.18 bits per heavy atom. The number of carbonyl (C=O) groups excluding carboxylic acids is 2. The van der Waals surface area contributed by atoms with Crippen LogP contribution in [0.4, 0.5) is 0 Å². The Balaban J connectivity index is 4.05. The lowest BCUT2D eigenvalue weighted by Gasteiger charge is -2.18. The minimum Gasteiger partial charge on any atom is -0.353 e. The van der Waals surface area contributed by atoms with Crippen molar-refractivity contribution >= 4 is 11.8 Å². The first-order chi connectivity index (χ1) is 7.88. The van der Waals surface area contributed by atoms with Crippen molar-refractivity contribution in [2.45, 2.75) is 39.3 Å². The molecule has 0 aromatic carbocycles. The van der Waals surface area contributed by atoms with E-state index >= 15 is 0 Å². The fourth-order valence-electron chi connectivity index (χ4n) is 1.35. The highest BCUT2D eigenvalue weighted by molar-refractivity contribution is 5.89. The van der Waals surface area contributed by atoms with Crippen LogP contribution < -0.4 is 22.1 Å². The standard InChI is InChI=1S/C11H24N4O2/c1-7(2)6-9(13)11(17)15-8(3)10(16)14-5-4-12/h7-9H,4-6,12-13H2,1-3H3,(H,14,16)(H,15,17). The first-order valence-corrected chi connectivity index (χ1v) is 5.92. The Kier molecular flexibility index (Phi) is 7.49. The zero-order chi connectivity index (χ0) is 13.4. The second kappa shape index (κ2) is 8.03. The van der Waals surface area contributed by atoms with Gasteiger partial charge in [0, 0.05) is 13.1 Å². The van der Waals surface area contributed by atoms with Crippen LogP contribution in [0.2, 0.25) is 0 Å². The van der Waals surface area contributed by atoms with Gasteiger partial charge in [0.25, 0.3) is 0 Å². The minimum absolute atomic E-state index is 0.249. The average Bonchev–Trinajstić information content (AvgIpc) is 2.24. The molecule has 0 bridgehead atoms. The van der Waals surface area contributed by atoms with Gasteiger partial charge in [-0.05, 0) is 19.3 Å². The van der Waals surface area contributed by atoms with E-state index in [1.54, 1.807) is 6.92 Å². The molecule has 6 nitrogen and oxygen atoms in total. The number of amides is 2. The monoisotopic (exact) mass is 244 g/mol. The molecule has 2 unspecified atom stereocenters. The molecule has 0 radical (unpaired) electrons. The molecule has 6 N–H and O–H groups in total. The molecule has 2 atom stereocenters. The SMILES string of the molecule is CC(C)CC(N)C(=O)NC(C)C(=O)NCCN. The van der Waals surface area contributed by atoms with Crippen LogP contribution in [-0.2, 0) is 9.59 Å². The lowest BCUT2D eigenvalue weighted by molar-refractivity contribution is -0.129. The van der Waals surface area contributed by atoms with Crippen LogP contribution in [0.1, 0.15) is 27.2 Å². The van der Waals surface area contributed by atoms with Crippen molar-refractivity contribution < 1.29 is 9.59 Å². The van der Waals surface area contributed by atoms with Gasteiger partial charge < -0.3 is 22.1 Å². The molecular formula is C11H24N4O2. The highest BCUT2D eigenvalue weighted by atomic mass is 16.2. The number of nitrogens with two attached hydrogens (primary N) is 2. The van der Waals surface area contributed by atoms with Gasteiger partial charge in [0.05, 0.1) is 6.04 Å². The molecule has 100 valence electrons. The quantitative estimate of drug-likeness (QED) is 0.457. The first-order valence-electron chi connectivity index (χ1n) is 5.92. The van der Waals surface area contributed by atoms with Crippen LogP contribution in [-0.4, -0.2) is 37.0 Å². The predicted molar refractivity (Wildman–Crippen MR) is 67.1 cm³/mol. The largest absolute Gasteiger partial charge is 0.353 e. The lowest BCUT2D eigenvalue weighted by atomic mass is 10.0. The van der Waals surface area contributed by atoms with Crippen LogP contribution in [0, 0.1) is 5.92 Å². The highest BCUT2D eigenvalue weighted by Gasteiger charge is 2.20. The second-order valence-corrected chi connectivity index (χ2v) is 4.55. The molecule has 6 heteroatoms. The molecule has 0 fully saturated rings. The molecular weight excluding hydrogens is 220 g/mol. The summed E-state index contributed by atoms with van der Waals surface area (Å²) in [5.41, 5.74) is 11.0. The van der Waals surface area contributed by atoms with E-state index in [2.05, 4.69) is 10.6 Å². The van der Waals surface area contributed by atoms with E-state index in [0.717, 1.165) is 0 Å². The molecule has 17 heavy (non-hydrogen) atoms. The maximum atomic E-state index is 11.6. The summed E-state index contributed by atoms with van der Waals surface area (Å²) in [6.45, 7) is 6.37. The molecule has 0 aliphatic rings. The topological polar surface area (TPSA) is 110 Å². The summed E-state index contributed by atoms with van der Waals surface area (Å²) in [5, 5.41) is 5.17. The predicted octanol–water partition coefficient (Wildman–Crippen LogP) is -1.06. The maximum Gasteiger partial charge on any atom is 0.242 e. The summed E-state index contributed by atoms with van der Waals surface area (Å²) in [6.07, 6.45) is 0.600. The van der Waals surface area contributed by atoms with Crippen molar-refractivity contribution in [3.8, 4) is 0 Å². The Bertz CT molecular complexity index is 256. The third-order valence-corrected chi connectivity index (χ3v) is 2.26. The number of hydrogen-bond donors (Lipinski definition) is 4. The van der Waals surface area contributed by atoms with Gasteiger partial charge in [-0.3, -0.25) is 9.59 Å². The Hall–Kier alpha value is -1.14. The number of carbonyl (C=O) groups is 2. The lowest BCUT2D eigenvalue weighted by Crippen LogP contribution is -2.51. The summed E-state index contributed by atoms with van der Waals surface area (Å²) in [4.78, 5) is 23.1.